The molecule has 2 heterocycles. The van der Waals surface area contributed by atoms with E-state index in [0.29, 0.717) is 32.1 Å². The number of nitrogens with zero attached hydrogens (tertiary/aromatic N) is 2. The molecule has 1 saturated heterocycles. The number of hydrogen-bond acceptors (Lipinski definition) is 5. The maximum Gasteiger partial charge on any atom is 0.244 e. The van der Waals surface area contributed by atoms with E-state index in [9.17, 15) is 8.42 Å². The minimum atomic E-state index is -3.44. The van der Waals surface area contributed by atoms with Gasteiger partial charge < -0.3 is 10.1 Å². The molecule has 1 fully saturated rings. The van der Waals surface area contributed by atoms with Crippen LogP contribution in [0.1, 0.15) is 13.3 Å². The molecule has 0 bridgehead atoms. The highest BCUT2D eigenvalue weighted by Gasteiger charge is 2.26. The van der Waals surface area contributed by atoms with E-state index in [4.69, 9.17) is 4.74 Å². The molecule has 1 aliphatic heterocycles. The summed E-state index contributed by atoms with van der Waals surface area (Å²) < 4.78 is 31.2. The highest BCUT2D eigenvalue weighted by Crippen LogP contribution is 2.17. The van der Waals surface area contributed by atoms with Crippen LogP contribution in [-0.2, 0) is 14.8 Å². The van der Waals surface area contributed by atoms with Crippen LogP contribution in [0.4, 0.5) is 5.82 Å². The third-order valence-electron chi connectivity index (χ3n) is 2.90. The van der Waals surface area contributed by atoms with Crippen molar-refractivity contribution in [2.24, 2.45) is 0 Å². The summed E-state index contributed by atoms with van der Waals surface area (Å²) in [5.41, 5.74) is 0. The molecule has 106 valence electrons. The quantitative estimate of drug-likeness (QED) is 0.871. The standard InChI is InChI=1S/C12H19N3O3S/c1-2-5-13-12-4-3-11(10-14-12)19(16,17)15-6-8-18-9-7-15/h3-4,10H,2,5-9H2,1H3,(H,13,14). The molecule has 1 aromatic rings. The van der Waals surface area contributed by atoms with Gasteiger partial charge in [-0.25, -0.2) is 13.4 Å². The summed E-state index contributed by atoms with van der Waals surface area (Å²) in [5, 5.41) is 3.11. The molecule has 7 heteroatoms. The minimum Gasteiger partial charge on any atom is -0.379 e. The number of hydrogen-bond donors (Lipinski definition) is 1. The molecule has 0 aromatic carbocycles. The van der Waals surface area contributed by atoms with Crippen LogP contribution in [0.3, 0.4) is 0 Å². The summed E-state index contributed by atoms with van der Waals surface area (Å²) in [6.45, 7) is 4.58. The molecule has 0 aliphatic carbocycles. The highest BCUT2D eigenvalue weighted by atomic mass is 32.2. The second kappa shape index (κ2) is 6.31. The van der Waals surface area contributed by atoms with Crippen molar-refractivity contribution in [2.45, 2.75) is 18.2 Å². The van der Waals surface area contributed by atoms with Gasteiger partial charge in [0.15, 0.2) is 0 Å². The van der Waals surface area contributed by atoms with Crippen LogP contribution in [0.5, 0.6) is 0 Å². The molecule has 0 spiro atoms. The van der Waals surface area contributed by atoms with Crippen LogP contribution in [0.2, 0.25) is 0 Å². The van der Waals surface area contributed by atoms with Crippen LogP contribution in [-0.4, -0.2) is 50.6 Å². The van der Waals surface area contributed by atoms with E-state index in [2.05, 4.69) is 17.2 Å². The third kappa shape index (κ3) is 3.43. The Morgan fingerprint density at radius 2 is 2.11 bits per heavy atom. The van der Waals surface area contributed by atoms with Crippen molar-refractivity contribution in [1.82, 2.24) is 9.29 Å². The van der Waals surface area contributed by atoms with Gasteiger partial charge in [-0.2, -0.15) is 4.31 Å². The number of aromatic nitrogens is 1. The Balaban J connectivity index is 2.11. The molecule has 0 unspecified atom stereocenters. The number of morpholine rings is 1. The van der Waals surface area contributed by atoms with E-state index < -0.39 is 10.0 Å². The van der Waals surface area contributed by atoms with Gasteiger partial charge in [0.2, 0.25) is 10.0 Å². The number of anilines is 1. The molecule has 0 atom stereocenters. The number of sulfonamides is 1. The van der Waals surface area contributed by atoms with E-state index in [1.54, 1.807) is 12.1 Å². The Morgan fingerprint density at radius 1 is 1.37 bits per heavy atom. The Labute approximate surface area is 113 Å². The molecule has 1 aliphatic rings. The Hall–Kier alpha value is -1.18. The van der Waals surface area contributed by atoms with Gasteiger partial charge in [-0.15, -0.1) is 0 Å². The van der Waals surface area contributed by atoms with Gasteiger partial charge in [0, 0.05) is 25.8 Å². The molecule has 0 amide bonds. The van der Waals surface area contributed by atoms with Crippen molar-refractivity contribution in [3.63, 3.8) is 0 Å². The number of ether oxygens (including phenoxy) is 1. The zero-order valence-corrected chi connectivity index (χ0v) is 11.8. The molecule has 6 nitrogen and oxygen atoms in total. The summed E-state index contributed by atoms with van der Waals surface area (Å²) in [6, 6.07) is 3.29. The van der Waals surface area contributed by atoms with Gasteiger partial charge in [0.05, 0.1) is 13.2 Å². The van der Waals surface area contributed by atoms with Gasteiger partial charge in [0.1, 0.15) is 10.7 Å². The lowest BCUT2D eigenvalue weighted by molar-refractivity contribution is 0.0730. The van der Waals surface area contributed by atoms with Crippen molar-refractivity contribution in [2.75, 3.05) is 38.2 Å². The van der Waals surface area contributed by atoms with Crippen LogP contribution in [0.15, 0.2) is 23.2 Å². The van der Waals surface area contributed by atoms with Crippen LogP contribution < -0.4 is 5.32 Å². The van der Waals surface area contributed by atoms with Crippen LogP contribution in [0.25, 0.3) is 0 Å². The van der Waals surface area contributed by atoms with Crippen molar-refractivity contribution in [3.8, 4) is 0 Å². The predicted molar refractivity (Wildman–Crippen MR) is 72.6 cm³/mol. The number of pyridine rings is 1. The molecular weight excluding hydrogens is 266 g/mol. The third-order valence-corrected chi connectivity index (χ3v) is 4.78. The molecule has 19 heavy (non-hydrogen) atoms. The van der Waals surface area contributed by atoms with E-state index in [-0.39, 0.29) is 4.90 Å². The topological polar surface area (TPSA) is 71.5 Å². The number of nitrogens with one attached hydrogen (secondary N) is 1. The SMILES string of the molecule is CCCNc1ccc(S(=O)(=O)N2CCOCC2)cn1. The summed E-state index contributed by atoms with van der Waals surface area (Å²) >= 11 is 0. The lowest BCUT2D eigenvalue weighted by atomic mass is 10.4. The molecule has 0 radical (unpaired) electrons. The van der Waals surface area contributed by atoms with E-state index in [0.717, 1.165) is 13.0 Å². The first-order valence-electron chi connectivity index (χ1n) is 6.42. The monoisotopic (exact) mass is 285 g/mol. The predicted octanol–water partition coefficient (Wildman–Crippen LogP) is 0.924. The highest BCUT2D eigenvalue weighted by molar-refractivity contribution is 7.89. The molecule has 0 saturated carbocycles. The first-order valence-corrected chi connectivity index (χ1v) is 7.86. The second-order valence-electron chi connectivity index (χ2n) is 4.32. The fourth-order valence-electron chi connectivity index (χ4n) is 1.83. The Bertz CT molecular complexity index is 495. The fourth-order valence-corrected chi connectivity index (χ4v) is 3.18. The zero-order valence-electron chi connectivity index (χ0n) is 11.0. The van der Waals surface area contributed by atoms with Crippen LogP contribution >= 0.6 is 0 Å². The lowest BCUT2D eigenvalue weighted by Crippen LogP contribution is -2.40. The largest absolute Gasteiger partial charge is 0.379 e. The van der Waals surface area contributed by atoms with E-state index >= 15 is 0 Å². The van der Waals surface area contributed by atoms with E-state index in [1.165, 1.54) is 10.5 Å². The molecule has 1 aromatic heterocycles. The van der Waals surface area contributed by atoms with Crippen molar-refractivity contribution in [1.29, 1.82) is 0 Å². The van der Waals surface area contributed by atoms with Crippen molar-refractivity contribution in [3.05, 3.63) is 18.3 Å². The number of rotatable bonds is 5. The summed E-state index contributed by atoms with van der Waals surface area (Å²) in [6.07, 6.45) is 2.40. The Kier molecular flexibility index (Phi) is 4.73. The average molecular weight is 285 g/mol. The fraction of sp³-hybridized carbons (Fsp3) is 0.583. The summed E-state index contributed by atoms with van der Waals surface area (Å²) in [4.78, 5) is 4.36. The van der Waals surface area contributed by atoms with Gasteiger partial charge in [-0.1, -0.05) is 6.92 Å². The van der Waals surface area contributed by atoms with Crippen molar-refractivity contribution >= 4 is 15.8 Å². The molecule has 2 rings (SSSR count). The first-order chi connectivity index (χ1) is 9.14. The molecular formula is C12H19N3O3S. The normalized spacial score (nSPS) is 17.3. The Morgan fingerprint density at radius 3 is 2.68 bits per heavy atom. The van der Waals surface area contributed by atoms with Gasteiger partial charge in [-0.05, 0) is 18.6 Å². The summed E-state index contributed by atoms with van der Waals surface area (Å²) in [7, 11) is -3.44. The van der Waals surface area contributed by atoms with Crippen molar-refractivity contribution < 1.29 is 13.2 Å². The maximum atomic E-state index is 12.3. The minimum absolute atomic E-state index is 0.233. The maximum absolute atomic E-state index is 12.3. The van der Waals surface area contributed by atoms with Crippen LogP contribution in [0, 0.1) is 0 Å². The van der Waals surface area contributed by atoms with E-state index in [1.807, 2.05) is 0 Å². The molecule has 1 N–H and O–H groups in total. The zero-order chi connectivity index (χ0) is 13.7. The van der Waals surface area contributed by atoms with Gasteiger partial charge >= 0.3 is 0 Å². The first kappa shape index (κ1) is 14.2. The lowest BCUT2D eigenvalue weighted by Gasteiger charge is -2.25. The average Bonchev–Trinajstić information content (AvgIpc) is 2.46. The smallest absolute Gasteiger partial charge is 0.244 e. The second-order valence-corrected chi connectivity index (χ2v) is 6.26. The summed E-state index contributed by atoms with van der Waals surface area (Å²) in [5.74, 6) is 0.697. The van der Waals surface area contributed by atoms with Gasteiger partial charge in [0.25, 0.3) is 0 Å². The van der Waals surface area contributed by atoms with Gasteiger partial charge in [-0.3, -0.25) is 0 Å².